The second-order valence-corrected chi connectivity index (χ2v) is 4.69. The summed E-state index contributed by atoms with van der Waals surface area (Å²) >= 11 is 0. The van der Waals surface area contributed by atoms with Gasteiger partial charge in [0.05, 0.1) is 19.6 Å². The molecule has 4 nitrogen and oxygen atoms in total. The molecule has 1 aromatic rings. The predicted molar refractivity (Wildman–Crippen MR) is 68.4 cm³/mol. The van der Waals surface area contributed by atoms with E-state index in [9.17, 15) is 4.79 Å². The van der Waals surface area contributed by atoms with Gasteiger partial charge in [-0.15, -0.1) is 0 Å². The Morgan fingerprint density at radius 3 is 2.67 bits per heavy atom. The maximum absolute atomic E-state index is 11.6. The van der Waals surface area contributed by atoms with Crippen molar-refractivity contribution < 1.29 is 14.3 Å². The summed E-state index contributed by atoms with van der Waals surface area (Å²) in [5.74, 6) is 0.767. The van der Waals surface area contributed by atoms with Gasteiger partial charge in [-0.2, -0.15) is 0 Å². The van der Waals surface area contributed by atoms with Gasteiger partial charge in [-0.05, 0) is 18.9 Å². The molecule has 0 spiro atoms. The van der Waals surface area contributed by atoms with E-state index in [0.717, 1.165) is 24.2 Å². The van der Waals surface area contributed by atoms with Crippen LogP contribution in [0.3, 0.4) is 0 Å². The lowest BCUT2D eigenvalue weighted by molar-refractivity contribution is -0.146. The van der Waals surface area contributed by atoms with Crippen LogP contribution in [0.25, 0.3) is 0 Å². The van der Waals surface area contributed by atoms with Gasteiger partial charge >= 0.3 is 5.97 Å². The summed E-state index contributed by atoms with van der Waals surface area (Å²) < 4.78 is 10.1. The number of ether oxygens (including phenoxy) is 2. The molecule has 0 radical (unpaired) electrons. The Hall–Kier alpha value is -1.55. The van der Waals surface area contributed by atoms with E-state index < -0.39 is 0 Å². The second-order valence-electron chi connectivity index (χ2n) is 4.69. The number of methoxy groups -OCH3 is 2. The van der Waals surface area contributed by atoms with Gasteiger partial charge in [0.25, 0.3) is 0 Å². The van der Waals surface area contributed by atoms with Gasteiger partial charge in [0, 0.05) is 18.7 Å². The Balaban J connectivity index is 1.87. The zero-order valence-corrected chi connectivity index (χ0v) is 10.9. The van der Waals surface area contributed by atoms with Crippen LogP contribution in [0, 0.1) is 5.41 Å². The predicted octanol–water partition coefficient (Wildman–Crippen LogP) is 1.74. The first-order valence-corrected chi connectivity index (χ1v) is 6.13. The Bertz CT molecular complexity index is 427. The minimum atomic E-state index is -0.281. The molecular formula is C14H19NO3. The van der Waals surface area contributed by atoms with E-state index in [-0.39, 0.29) is 11.4 Å². The molecule has 1 N–H and O–H groups in total. The number of hydrogen-bond acceptors (Lipinski definition) is 4. The Kier molecular flexibility index (Phi) is 3.87. The van der Waals surface area contributed by atoms with Gasteiger partial charge in [0.2, 0.25) is 0 Å². The monoisotopic (exact) mass is 249 g/mol. The molecule has 0 atom stereocenters. The third kappa shape index (κ3) is 2.64. The fraction of sp³-hybridized carbons (Fsp3) is 0.500. The Morgan fingerprint density at radius 2 is 2.06 bits per heavy atom. The fourth-order valence-corrected chi connectivity index (χ4v) is 2.11. The van der Waals surface area contributed by atoms with E-state index in [1.54, 1.807) is 7.11 Å². The van der Waals surface area contributed by atoms with Crippen LogP contribution in [0.1, 0.15) is 18.4 Å². The van der Waals surface area contributed by atoms with Gasteiger partial charge < -0.3 is 14.8 Å². The zero-order chi connectivity index (χ0) is 13.0. The first-order valence-electron chi connectivity index (χ1n) is 6.13. The third-order valence-corrected chi connectivity index (χ3v) is 3.44. The highest BCUT2D eigenvalue weighted by atomic mass is 16.5. The lowest BCUT2D eigenvalue weighted by Gasteiger charge is -2.14. The first kappa shape index (κ1) is 12.9. The lowest BCUT2D eigenvalue weighted by Crippen LogP contribution is -2.30. The van der Waals surface area contributed by atoms with Crippen molar-refractivity contribution >= 4 is 5.97 Å². The highest BCUT2D eigenvalue weighted by Gasteiger charge is 2.50. The van der Waals surface area contributed by atoms with Crippen LogP contribution in [0.15, 0.2) is 24.3 Å². The van der Waals surface area contributed by atoms with Gasteiger partial charge in [0.1, 0.15) is 5.75 Å². The molecule has 1 saturated carbocycles. The normalized spacial score (nSPS) is 16.1. The van der Waals surface area contributed by atoms with Crippen LogP contribution < -0.4 is 10.1 Å². The van der Waals surface area contributed by atoms with E-state index in [0.29, 0.717) is 13.1 Å². The number of esters is 1. The minimum absolute atomic E-state index is 0.102. The van der Waals surface area contributed by atoms with Crippen molar-refractivity contribution in [2.45, 2.75) is 19.4 Å². The van der Waals surface area contributed by atoms with Crippen molar-refractivity contribution in [3.05, 3.63) is 29.8 Å². The summed E-state index contributed by atoms with van der Waals surface area (Å²) in [5.41, 5.74) is 0.817. The number of nitrogens with one attached hydrogen (secondary N) is 1. The van der Waals surface area contributed by atoms with Crippen molar-refractivity contribution in [3.8, 4) is 5.75 Å². The van der Waals surface area contributed by atoms with E-state index in [4.69, 9.17) is 9.47 Å². The van der Waals surface area contributed by atoms with Gasteiger partial charge in [-0.1, -0.05) is 18.2 Å². The van der Waals surface area contributed by atoms with E-state index >= 15 is 0 Å². The van der Waals surface area contributed by atoms with Crippen LogP contribution in [-0.4, -0.2) is 26.7 Å². The molecule has 18 heavy (non-hydrogen) atoms. The molecule has 0 bridgehead atoms. The molecule has 1 aliphatic rings. The van der Waals surface area contributed by atoms with Crippen molar-refractivity contribution in [1.29, 1.82) is 0 Å². The fourth-order valence-electron chi connectivity index (χ4n) is 2.11. The number of hydrogen-bond donors (Lipinski definition) is 1. The summed E-state index contributed by atoms with van der Waals surface area (Å²) in [7, 11) is 3.11. The van der Waals surface area contributed by atoms with Gasteiger partial charge in [-0.25, -0.2) is 0 Å². The molecule has 0 aromatic heterocycles. The topological polar surface area (TPSA) is 47.6 Å². The summed E-state index contributed by atoms with van der Waals surface area (Å²) in [4.78, 5) is 11.6. The first-order chi connectivity index (χ1) is 8.72. The number of benzene rings is 1. The molecule has 98 valence electrons. The zero-order valence-electron chi connectivity index (χ0n) is 10.9. The lowest BCUT2D eigenvalue weighted by atomic mass is 10.1. The quantitative estimate of drug-likeness (QED) is 0.780. The van der Waals surface area contributed by atoms with Crippen LogP contribution in [0.2, 0.25) is 0 Å². The van der Waals surface area contributed by atoms with Crippen LogP contribution >= 0.6 is 0 Å². The average molecular weight is 249 g/mol. The molecule has 1 fully saturated rings. The molecule has 1 aromatic carbocycles. The molecule has 0 amide bonds. The number of para-hydroxylation sites is 1. The standard InChI is InChI=1S/C14H19NO3/c1-17-12-6-4-3-5-11(12)9-15-10-14(7-8-14)13(16)18-2/h3-6,15H,7-10H2,1-2H3. The Morgan fingerprint density at radius 1 is 1.33 bits per heavy atom. The summed E-state index contributed by atoms with van der Waals surface area (Å²) in [6.45, 7) is 1.36. The molecule has 0 aliphatic heterocycles. The number of carbonyl (C=O) groups excluding carboxylic acids is 1. The number of carbonyl (C=O) groups is 1. The van der Waals surface area contributed by atoms with Gasteiger partial charge in [0.15, 0.2) is 0 Å². The maximum atomic E-state index is 11.6. The number of rotatable bonds is 6. The smallest absolute Gasteiger partial charge is 0.313 e. The Labute approximate surface area is 107 Å². The molecule has 2 rings (SSSR count). The van der Waals surface area contributed by atoms with Crippen molar-refractivity contribution in [2.24, 2.45) is 5.41 Å². The molecule has 0 saturated heterocycles. The SMILES string of the molecule is COC(=O)C1(CNCc2ccccc2OC)CC1. The average Bonchev–Trinajstić information content (AvgIpc) is 3.19. The maximum Gasteiger partial charge on any atom is 0.313 e. The molecule has 0 heterocycles. The second kappa shape index (κ2) is 5.40. The minimum Gasteiger partial charge on any atom is -0.496 e. The third-order valence-electron chi connectivity index (χ3n) is 3.44. The largest absolute Gasteiger partial charge is 0.496 e. The summed E-state index contributed by atoms with van der Waals surface area (Å²) in [5, 5.41) is 3.31. The highest BCUT2D eigenvalue weighted by molar-refractivity contribution is 5.80. The van der Waals surface area contributed by atoms with Crippen molar-refractivity contribution in [1.82, 2.24) is 5.32 Å². The summed E-state index contributed by atoms with van der Waals surface area (Å²) in [6.07, 6.45) is 1.83. The van der Waals surface area contributed by atoms with Crippen LogP contribution in [0.5, 0.6) is 5.75 Å². The van der Waals surface area contributed by atoms with E-state index in [2.05, 4.69) is 5.32 Å². The van der Waals surface area contributed by atoms with Gasteiger partial charge in [-0.3, -0.25) is 4.79 Å². The van der Waals surface area contributed by atoms with E-state index in [1.807, 2.05) is 24.3 Å². The molecule has 4 heteroatoms. The van der Waals surface area contributed by atoms with Crippen LogP contribution in [0.4, 0.5) is 0 Å². The molecule has 1 aliphatic carbocycles. The molecular weight excluding hydrogens is 230 g/mol. The van der Waals surface area contributed by atoms with Crippen molar-refractivity contribution in [3.63, 3.8) is 0 Å². The molecule has 0 unspecified atom stereocenters. The van der Waals surface area contributed by atoms with Crippen molar-refractivity contribution in [2.75, 3.05) is 20.8 Å². The van der Waals surface area contributed by atoms with Crippen LogP contribution in [-0.2, 0) is 16.1 Å². The summed E-state index contributed by atoms with van der Waals surface area (Å²) in [6, 6.07) is 7.87. The van der Waals surface area contributed by atoms with E-state index in [1.165, 1.54) is 7.11 Å². The highest BCUT2D eigenvalue weighted by Crippen LogP contribution is 2.46.